The van der Waals surface area contributed by atoms with Crippen molar-refractivity contribution in [3.63, 3.8) is 0 Å². The highest BCUT2D eigenvalue weighted by Crippen LogP contribution is 2.29. The van der Waals surface area contributed by atoms with Crippen LogP contribution >= 0.6 is 0 Å². The van der Waals surface area contributed by atoms with Gasteiger partial charge in [0, 0.05) is 0 Å². The normalized spacial score (nSPS) is 11.3. The number of phenolic OH excluding ortho intramolecular Hbond substituents is 2. The Morgan fingerprint density at radius 2 is 1.41 bits per heavy atom. The smallest absolute Gasteiger partial charge is 0.387 e. The van der Waals surface area contributed by atoms with Crippen molar-refractivity contribution in [2.24, 2.45) is 0 Å². The summed E-state index contributed by atoms with van der Waals surface area (Å²) in [6, 6.07) is 8.22. The lowest BCUT2D eigenvalue weighted by molar-refractivity contribution is -0.121. The Hall–Kier alpha value is -3.68. The number of alkyl halides is 2. The molecule has 0 saturated carbocycles. The minimum atomic E-state index is -3.10. The Morgan fingerprint density at radius 3 is 1.90 bits per heavy atom. The first kappa shape index (κ1) is 21.6. The summed E-state index contributed by atoms with van der Waals surface area (Å²) >= 11 is 0. The van der Waals surface area contributed by atoms with Gasteiger partial charge in [0.2, 0.25) is 0 Å². The predicted molar refractivity (Wildman–Crippen MR) is 102 cm³/mol. The highest BCUT2D eigenvalue weighted by molar-refractivity contribution is 6.10. The number of ketones is 2. The van der Waals surface area contributed by atoms with Crippen molar-refractivity contribution in [3.8, 4) is 23.0 Å². The van der Waals surface area contributed by atoms with Crippen LogP contribution in [0.25, 0.3) is 12.2 Å². The first-order valence-corrected chi connectivity index (χ1v) is 8.35. The van der Waals surface area contributed by atoms with E-state index in [0.717, 1.165) is 18.2 Å². The van der Waals surface area contributed by atoms with Crippen molar-refractivity contribution in [2.45, 2.75) is 13.0 Å². The van der Waals surface area contributed by atoms with Crippen LogP contribution < -0.4 is 9.47 Å². The summed E-state index contributed by atoms with van der Waals surface area (Å²) in [7, 11) is 1.40. The second kappa shape index (κ2) is 10.0. The molecule has 2 rings (SSSR count). The van der Waals surface area contributed by atoms with Crippen LogP contribution in [0.15, 0.2) is 48.6 Å². The monoisotopic (exact) mass is 404 g/mol. The van der Waals surface area contributed by atoms with Crippen molar-refractivity contribution >= 4 is 23.7 Å². The third kappa shape index (κ3) is 6.76. The summed E-state index contributed by atoms with van der Waals surface area (Å²) in [6.07, 6.45) is 4.78. The van der Waals surface area contributed by atoms with Crippen LogP contribution in [0.3, 0.4) is 0 Å². The zero-order valence-corrected chi connectivity index (χ0v) is 15.3. The maximum atomic E-state index is 12.3. The topological polar surface area (TPSA) is 93.1 Å². The molecule has 0 radical (unpaired) electrons. The van der Waals surface area contributed by atoms with Gasteiger partial charge in [-0.1, -0.05) is 24.3 Å². The number of allylic oxidation sites excluding steroid dienone is 2. The minimum absolute atomic E-state index is 0.0346. The third-order valence-corrected chi connectivity index (χ3v) is 3.68. The molecule has 2 N–H and O–H groups in total. The van der Waals surface area contributed by atoms with Crippen LogP contribution in [0.5, 0.6) is 23.0 Å². The molecule has 0 atom stereocenters. The first-order valence-electron chi connectivity index (χ1n) is 8.35. The predicted octanol–water partition coefficient (Wildman–Crippen LogP) is 3.96. The molecule has 0 unspecified atom stereocenters. The molecule has 0 heterocycles. The summed E-state index contributed by atoms with van der Waals surface area (Å²) < 4.78 is 33.7. The molecule has 0 bridgehead atoms. The second-order valence-corrected chi connectivity index (χ2v) is 5.81. The standard InChI is InChI=1S/C21H18F2O6/c1-28-19-10-13(4-8-17(19)26)2-6-15(24)12-16(25)7-3-14-5-9-18(27)20(11-14)29-21(22)23/h2-11,21,26-27H,12H2,1H3/b6-2+,7-3+. The van der Waals surface area contributed by atoms with E-state index in [1.807, 2.05) is 0 Å². The minimum Gasteiger partial charge on any atom is -0.504 e. The molecule has 8 heteroatoms. The van der Waals surface area contributed by atoms with Gasteiger partial charge in [0.05, 0.1) is 13.5 Å². The number of hydrogen-bond donors (Lipinski definition) is 2. The molecule has 0 saturated heterocycles. The van der Waals surface area contributed by atoms with E-state index in [4.69, 9.17) is 4.74 Å². The van der Waals surface area contributed by atoms with Crippen molar-refractivity contribution in [1.29, 1.82) is 0 Å². The highest BCUT2D eigenvalue weighted by atomic mass is 19.3. The van der Waals surface area contributed by atoms with Crippen LogP contribution in [0.1, 0.15) is 17.5 Å². The van der Waals surface area contributed by atoms with Gasteiger partial charge in [-0.15, -0.1) is 0 Å². The maximum Gasteiger partial charge on any atom is 0.387 e. The van der Waals surface area contributed by atoms with Gasteiger partial charge in [0.25, 0.3) is 0 Å². The largest absolute Gasteiger partial charge is 0.504 e. The molecule has 0 aliphatic carbocycles. The van der Waals surface area contributed by atoms with Crippen LogP contribution in [-0.4, -0.2) is 35.5 Å². The summed E-state index contributed by atoms with van der Waals surface area (Å²) in [5, 5.41) is 19.0. The molecule has 2 aromatic rings. The summed E-state index contributed by atoms with van der Waals surface area (Å²) in [5.41, 5.74) is 0.942. The Labute approximate surface area is 165 Å². The molecule has 29 heavy (non-hydrogen) atoms. The lowest BCUT2D eigenvalue weighted by atomic mass is 10.1. The van der Waals surface area contributed by atoms with Gasteiger partial charge >= 0.3 is 6.61 Å². The number of benzene rings is 2. The number of phenols is 2. The second-order valence-electron chi connectivity index (χ2n) is 5.81. The number of carbonyl (C=O) groups excluding carboxylic acids is 2. The average molecular weight is 404 g/mol. The van der Waals surface area contributed by atoms with Crippen LogP contribution in [0, 0.1) is 0 Å². The van der Waals surface area contributed by atoms with Crippen LogP contribution in [0.4, 0.5) is 8.78 Å². The maximum absolute atomic E-state index is 12.3. The molecule has 6 nitrogen and oxygen atoms in total. The summed E-state index contributed by atoms with van der Waals surface area (Å²) in [4.78, 5) is 23.8. The number of carbonyl (C=O) groups is 2. The molecule has 0 spiro atoms. The summed E-state index contributed by atoms with van der Waals surface area (Å²) in [6.45, 7) is -3.10. The van der Waals surface area contributed by atoms with E-state index in [9.17, 15) is 28.6 Å². The molecule has 0 aliphatic rings. The molecule has 0 fully saturated rings. The van der Waals surface area contributed by atoms with Crippen molar-refractivity contribution in [1.82, 2.24) is 0 Å². The number of halogens is 2. The number of methoxy groups -OCH3 is 1. The number of ether oxygens (including phenoxy) is 2. The van der Waals surface area contributed by atoms with Gasteiger partial charge in [0.1, 0.15) is 0 Å². The Bertz CT molecular complexity index is 950. The number of hydrogen-bond acceptors (Lipinski definition) is 6. The fourth-order valence-electron chi connectivity index (χ4n) is 2.29. The van der Waals surface area contributed by atoms with E-state index in [2.05, 4.69) is 4.74 Å². The van der Waals surface area contributed by atoms with Gasteiger partial charge in [-0.25, -0.2) is 0 Å². The van der Waals surface area contributed by atoms with Crippen molar-refractivity contribution < 1.29 is 38.1 Å². The van der Waals surface area contributed by atoms with E-state index >= 15 is 0 Å². The Kier molecular flexibility index (Phi) is 7.47. The fourth-order valence-corrected chi connectivity index (χ4v) is 2.29. The lowest BCUT2D eigenvalue weighted by Crippen LogP contribution is -2.02. The van der Waals surface area contributed by atoms with Gasteiger partial charge in [-0.3, -0.25) is 9.59 Å². The molecular formula is C21H18F2O6. The van der Waals surface area contributed by atoms with E-state index in [1.54, 1.807) is 6.07 Å². The van der Waals surface area contributed by atoms with E-state index < -0.39 is 29.7 Å². The fraction of sp³-hybridized carbons (Fsp3) is 0.143. The Morgan fingerprint density at radius 1 is 0.931 bits per heavy atom. The van der Waals surface area contributed by atoms with Crippen LogP contribution in [0.2, 0.25) is 0 Å². The molecule has 2 aromatic carbocycles. The van der Waals surface area contributed by atoms with Gasteiger partial charge in [-0.2, -0.15) is 8.78 Å². The number of aromatic hydroxyl groups is 2. The van der Waals surface area contributed by atoms with E-state index in [1.165, 1.54) is 43.5 Å². The molecule has 0 amide bonds. The SMILES string of the molecule is COc1cc(/C=C/C(=O)CC(=O)/C=C/c2ccc(O)c(OC(F)F)c2)ccc1O. The van der Waals surface area contributed by atoms with Crippen LogP contribution in [-0.2, 0) is 9.59 Å². The van der Waals surface area contributed by atoms with Gasteiger partial charge in [0.15, 0.2) is 34.6 Å². The van der Waals surface area contributed by atoms with Gasteiger partial charge in [-0.05, 0) is 47.5 Å². The quantitative estimate of drug-likeness (QED) is 0.485. The third-order valence-electron chi connectivity index (χ3n) is 3.68. The highest BCUT2D eigenvalue weighted by Gasteiger charge is 2.10. The van der Waals surface area contributed by atoms with Gasteiger partial charge < -0.3 is 19.7 Å². The molecular weight excluding hydrogens is 386 g/mol. The van der Waals surface area contributed by atoms with E-state index in [0.29, 0.717) is 11.1 Å². The average Bonchev–Trinajstić information content (AvgIpc) is 2.67. The lowest BCUT2D eigenvalue weighted by Gasteiger charge is -2.07. The Balaban J connectivity index is 1.97. The first-order chi connectivity index (χ1) is 13.8. The molecule has 152 valence electrons. The molecule has 0 aliphatic heterocycles. The molecule has 0 aromatic heterocycles. The van der Waals surface area contributed by atoms with Crippen molar-refractivity contribution in [2.75, 3.05) is 7.11 Å². The zero-order chi connectivity index (χ0) is 21.4. The van der Waals surface area contributed by atoms with E-state index in [-0.39, 0.29) is 17.9 Å². The number of rotatable bonds is 9. The van der Waals surface area contributed by atoms with Crippen molar-refractivity contribution in [3.05, 3.63) is 59.7 Å². The zero-order valence-electron chi connectivity index (χ0n) is 15.3. The summed E-state index contributed by atoms with van der Waals surface area (Å²) in [5.74, 6) is -1.60.